The maximum absolute atomic E-state index is 11.5. The van der Waals surface area contributed by atoms with Crippen LogP contribution in [-0.4, -0.2) is 34.8 Å². The molecule has 0 aliphatic heterocycles. The summed E-state index contributed by atoms with van der Waals surface area (Å²) >= 11 is 0. The summed E-state index contributed by atoms with van der Waals surface area (Å²) in [7, 11) is 0. The molecule has 19 heavy (non-hydrogen) atoms. The monoisotopic (exact) mass is 264 g/mol. The summed E-state index contributed by atoms with van der Waals surface area (Å²) in [5.74, 6) is 0.318. The Balaban J connectivity index is 1.96. The van der Waals surface area contributed by atoms with Gasteiger partial charge in [-0.15, -0.1) is 0 Å². The van der Waals surface area contributed by atoms with Gasteiger partial charge in [0.25, 0.3) is 0 Å². The maximum Gasteiger partial charge on any atom is 0.339 e. The van der Waals surface area contributed by atoms with Crippen LogP contribution in [0.2, 0.25) is 0 Å². The fraction of sp³-hybridized carbons (Fsp3) is 0.571. The van der Waals surface area contributed by atoms with Crippen molar-refractivity contribution in [2.45, 2.75) is 44.8 Å². The molecule has 0 aromatic carbocycles. The number of aliphatic hydroxyl groups is 1. The summed E-state index contributed by atoms with van der Waals surface area (Å²) in [4.78, 5) is 15.7. The number of nitrogens with zero attached hydrogens (tertiary/aromatic N) is 1. The molecule has 1 aliphatic carbocycles. The Morgan fingerprint density at radius 1 is 1.47 bits per heavy atom. The third-order valence-corrected chi connectivity index (χ3v) is 3.34. The Labute approximate surface area is 113 Å². The van der Waals surface area contributed by atoms with E-state index < -0.39 is 0 Å². The van der Waals surface area contributed by atoms with Crippen molar-refractivity contribution in [2.75, 3.05) is 11.9 Å². The molecule has 2 atom stereocenters. The number of esters is 1. The van der Waals surface area contributed by atoms with Gasteiger partial charge >= 0.3 is 5.97 Å². The zero-order valence-corrected chi connectivity index (χ0v) is 11.1. The highest BCUT2D eigenvalue weighted by Gasteiger charge is 2.23. The van der Waals surface area contributed by atoms with Gasteiger partial charge in [-0.05, 0) is 31.9 Å². The lowest BCUT2D eigenvalue weighted by Gasteiger charge is -2.28. The molecular formula is C14H20N2O3. The van der Waals surface area contributed by atoms with Gasteiger partial charge in [0.05, 0.1) is 24.3 Å². The molecule has 1 aliphatic rings. The minimum atomic E-state index is -0.362. The molecule has 2 N–H and O–H groups in total. The van der Waals surface area contributed by atoms with Crippen LogP contribution in [-0.2, 0) is 4.74 Å². The van der Waals surface area contributed by atoms with Crippen molar-refractivity contribution in [2.24, 2.45) is 0 Å². The number of aliphatic hydroxyl groups excluding tert-OH is 1. The van der Waals surface area contributed by atoms with E-state index in [1.807, 2.05) is 0 Å². The molecule has 0 amide bonds. The molecule has 1 saturated carbocycles. The number of carbonyl (C=O) groups is 1. The largest absolute Gasteiger partial charge is 0.462 e. The molecule has 0 spiro atoms. The van der Waals surface area contributed by atoms with Crippen molar-refractivity contribution in [1.29, 1.82) is 0 Å². The standard InChI is InChI=1S/C14H20N2O3/c1-2-19-14(18)10-7-8-13(15-9-10)16-11-5-3-4-6-12(11)17/h7-9,11-12,17H,2-6H2,1H3,(H,15,16)/t11-,12-/m0/s1. The average Bonchev–Trinajstić information content (AvgIpc) is 2.42. The molecule has 1 aromatic heterocycles. The van der Waals surface area contributed by atoms with Crippen LogP contribution >= 0.6 is 0 Å². The summed E-state index contributed by atoms with van der Waals surface area (Å²) in [6.45, 7) is 2.12. The van der Waals surface area contributed by atoms with Gasteiger partial charge in [-0.1, -0.05) is 12.8 Å². The van der Waals surface area contributed by atoms with Crippen LogP contribution < -0.4 is 5.32 Å². The number of hydrogen-bond acceptors (Lipinski definition) is 5. The van der Waals surface area contributed by atoms with Gasteiger partial charge in [-0.3, -0.25) is 0 Å². The smallest absolute Gasteiger partial charge is 0.339 e. The second-order valence-corrected chi connectivity index (χ2v) is 4.76. The summed E-state index contributed by atoms with van der Waals surface area (Å²) in [5, 5.41) is 13.1. The fourth-order valence-electron chi connectivity index (χ4n) is 2.28. The van der Waals surface area contributed by atoms with Crippen molar-refractivity contribution >= 4 is 11.8 Å². The Morgan fingerprint density at radius 3 is 2.89 bits per heavy atom. The zero-order valence-electron chi connectivity index (χ0n) is 11.1. The fourth-order valence-corrected chi connectivity index (χ4v) is 2.28. The van der Waals surface area contributed by atoms with E-state index in [4.69, 9.17) is 4.74 Å². The minimum absolute atomic E-state index is 0.0506. The van der Waals surface area contributed by atoms with Crippen LogP contribution in [0.1, 0.15) is 43.0 Å². The van der Waals surface area contributed by atoms with E-state index in [1.54, 1.807) is 19.1 Å². The molecule has 0 unspecified atom stereocenters. The number of rotatable bonds is 4. The summed E-state index contributed by atoms with van der Waals surface area (Å²) < 4.78 is 4.90. The first kappa shape index (κ1) is 13.8. The van der Waals surface area contributed by atoms with Gasteiger partial charge in [0.15, 0.2) is 0 Å². The van der Waals surface area contributed by atoms with Gasteiger partial charge in [0.1, 0.15) is 5.82 Å². The van der Waals surface area contributed by atoms with E-state index in [0.29, 0.717) is 18.0 Å². The van der Waals surface area contributed by atoms with Gasteiger partial charge in [0.2, 0.25) is 0 Å². The van der Waals surface area contributed by atoms with Crippen molar-refractivity contribution in [1.82, 2.24) is 4.98 Å². The molecule has 0 radical (unpaired) electrons. The van der Waals surface area contributed by atoms with Gasteiger partial charge in [-0.25, -0.2) is 9.78 Å². The van der Waals surface area contributed by atoms with Crippen LogP contribution in [0, 0.1) is 0 Å². The lowest BCUT2D eigenvalue weighted by Crippen LogP contribution is -2.36. The van der Waals surface area contributed by atoms with Crippen LogP contribution in [0.4, 0.5) is 5.82 Å². The lowest BCUT2D eigenvalue weighted by molar-refractivity contribution is 0.0526. The number of pyridine rings is 1. The molecule has 5 heteroatoms. The second kappa shape index (κ2) is 6.52. The number of nitrogens with one attached hydrogen (secondary N) is 1. The van der Waals surface area contributed by atoms with E-state index in [0.717, 1.165) is 25.7 Å². The first-order valence-electron chi connectivity index (χ1n) is 6.78. The highest BCUT2D eigenvalue weighted by Crippen LogP contribution is 2.21. The molecule has 104 valence electrons. The number of aromatic nitrogens is 1. The highest BCUT2D eigenvalue weighted by atomic mass is 16.5. The molecule has 0 saturated heterocycles. The molecule has 5 nitrogen and oxygen atoms in total. The Hall–Kier alpha value is -1.62. The third-order valence-electron chi connectivity index (χ3n) is 3.34. The van der Waals surface area contributed by atoms with E-state index in [-0.39, 0.29) is 18.1 Å². The van der Waals surface area contributed by atoms with Crippen molar-refractivity contribution in [3.8, 4) is 0 Å². The SMILES string of the molecule is CCOC(=O)c1ccc(N[C@H]2CCCC[C@@H]2O)nc1. The van der Waals surface area contributed by atoms with E-state index in [2.05, 4.69) is 10.3 Å². The van der Waals surface area contributed by atoms with Crippen molar-refractivity contribution in [3.05, 3.63) is 23.9 Å². The lowest BCUT2D eigenvalue weighted by atomic mass is 9.92. The molecule has 1 aromatic rings. The predicted molar refractivity (Wildman–Crippen MR) is 72.1 cm³/mol. The minimum Gasteiger partial charge on any atom is -0.462 e. The van der Waals surface area contributed by atoms with E-state index in [9.17, 15) is 9.90 Å². The summed E-state index contributed by atoms with van der Waals surface area (Å²) in [5.41, 5.74) is 0.441. The first-order valence-corrected chi connectivity index (χ1v) is 6.78. The first-order chi connectivity index (χ1) is 9.20. The third kappa shape index (κ3) is 3.67. The Kier molecular flexibility index (Phi) is 4.74. The number of carbonyl (C=O) groups excluding carboxylic acids is 1. The molecule has 2 rings (SSSR count). The van der Waals surface area contributed by atoms with Gasteiger partial charge in [0, 0.05) is 6.20 Å². The number of ether oxygens (including phenoxy) is 1. The van der Waals surface area contributed by atoms with Gasteiger partial charge in [-0.2, -0.15) is 0 Å². The average molecular weight is 264 g/mol. The molecule has 1 fully saturated rings. The van der Waals surface area contributed by atoms with Crippen LogP contribution in [0.15, 0.2) is 18.3 Å². The summed E-state index contributed by atoms with van der Waals surface area (Å²) in [6.07, 6.45) is 5.15. The van der Waals surface area contributed by atoms with E-state index >= 15 is 0 Å². The zero-order chi connectivity index (χ0) is 13.7. The normalized spacial score (nSPS) is 22.8. The van der Waals surface area contributed by atoms with Gasteiger partial charge < -0.3 is 15.2 Å². The van der Waals surface area contributed by atoms with Crippen LogP contribution in [0.5, 0.6) is 0 Å². The van der Waals surface area contributed by atoms with Crippen LogP contribution in [0.25, 0.3) is 0 Å². The highest BCUT2D eigenvalue weighted by molar-refractivity contribution is 5.89. The van der Waals surface area contributed by atoms with Crippen molar-refractivity contribution in [3.63, 3.8) is 0 Å². The molecule has 0 bridgehead atoms. The Bertz CT molecular complexity index is 419. The molecule has 1 heterocycles. The Morgan fingerprint density at radius 2 is 2.26 bits per heavy atom. The second-order valence-electron chi connectivity index (χ2n) is 4.76. The number of anilines is 1. The predicted octanol–water partition coefficient (Wildman–Crippen LogP) is 1.97. The van der Waals surface area contributed by atoms with Crippen molar-refractivity contribution < 1.29 is 14.6 Å². The molecular weight excluding hydrogens is 244 g/mol. The number of hydrogen-bond donors (Lipinski definition) is 2. The van der Waals surface area contributed by atoms with Crippen LogP contribution in [0.3, 0.4) is 0 Å². The topological polar surface area (TPSA) is 71.5 Å². The summed E-state index contributed by atoms with van der Waals surface area (Å²) in [6, 6.07) is 3.48. The van der Waals surface area contributed by atoms with E-state index in [1.165, 1.54) is 6.20 Å². The quantitative estimate of drug-likeness (QED) is 0.814. The maximum atomic E-state index is 11.5.